The monoisotopic (exact) mass is 535 g/mol. The Kier molecular flexibility index (Phi) is 5.65. The zero-order valence-corrected chi connectivity index (χ0v) is 22.5. The van der Waals surface area contributed by atoms with Crippen LogP contribution in [-0.4, -0.2) is 43.6 Å². The molecule has 0 spiro atoms. The lowest BCUT2D eigenvalue weighted by molar-refractivity contribution is 0.396. The quantitative estimate of drug-likeness (QED) is 0.251. The van der Waals surface area contributed by atoms with Crippen molar-refractivity contribution in [3.63, 3.8) is 0 Å². The first-order chi connectivity index (χ1) is 20.3. The van der Waals surface area contributed by atoms with Crippen molar-refractivity contribution in [3.8, 4) is 0 Å². The van der Waals surface area contributed by atoms with Gasteiger partial charge < -0.3 is 14.9 Å². The summed E-state index contributed by atoms with van der Waals surface area (Å²) in [4.78, 5) is 27.6. The van der Waals surface area contributed by atoms with Crippen LogP contribution in [0.25, 0.3) is 27.4 Å². The van der Waals surface area contributed by atoms with Gasteiger partial charge in [0.1, 0.15) is 11.6 Å². The highest BCUT2D eigenvalue weighted by Crippen LogP contribution is 2.42. The van der Waals surface area contributed by atoms with Crippen molar-refractivity contribution in [1.29, 1.82) is 0 Å². The number of nitrogens with one attached hydrogen (secondary N) is 2. The van der Waals surface area contributed by atoms with Crippen LogP contribution in [-0.2, 0) is 0 Å². The molecule has 1 atom stereocenters. The fourth-order valence-corrected chi connectivity index (χ4v) is 6.12. The van der Waals surface area contributed by atoms with Gasteiger partial charge in [0.2, 0.25) is 0 Å². The number of hydrogen-bond donors (Lipinski definition) is 2. The van der Waals surface area contributed by atoms with Gasteiger partial charge in [-0.25, -0.2) is 4.98 Å². The molecule has 0 bridgehead atoms. The van der Waals surface area contributed by atoms with Gasteiger partial charge in [-0.15, -0.1) is 0 Å². The lowest BCUT2D eigenvalue weighted by Crippen LogP contribution is -2.42. The molecular formula is C34H29N7. The summed E-state index contributed by atoms with van der Waals surface area (Å²) in [7, 11) is 0. The molecule has 8 rings (SSSR count). The summed E-state index contributed by atoms with van der Waals surface area (Å²) in [6.07, 6.45) is 5.79. The average Bonchev–Trinajstić information content (AvgIpc) is 3.83. The van der Waals surface area contributed by atoms with Crippen LogP contribution >= 0.6 is 0 Å². The molecule has 2 N–H and O–H groups in total. The summed E-state index contributed by atoms with van der Waals surface area (Å²) in [5, 5.41) is 2.27. The van der Waals surface area contributed by atoms with Gasteiger partial charge in [-0.1, -0.05) is 48.5 Å². The van der Waals surface area contributed by atoms with Crippen molar-refractivity contribution < 1.29 is 0 Å². The summed E-state index contributed by atoms with van der Waals surface area (Å²) < 4.78 is 0. The molecule has 6 heterocycles. The van der Waals surface area contributed by atoms with E-state index in [0.29, 0.717) is 0 Å². The molecule has 0 saturated carbocycles. The van der Waals surface area contributed by atoms with Crippen molar-refractivity contribution in [2.75, 3.05) is 18.0 Å². The molecule has 7 nitrogen and oxygen atoms in total. The van der Waals surface area contributed by atoms with Gasteiger partial charge in [0.25, 0.3) is 0 Å². The molecule has 200 valence electrons. The van der Waals surface area contributed by atoms with E-state index in [1.54, 1.807) is 0 Å². The van der Waals surface area contributed by atoms with E-state index in [0.717, 1.165) is 87.7 Å². The number of allylic oxidation sites excluding steroid dienone is 1. The second kappa shape index (κ2) is 9.78. The molecule has 6 aromatic rings. The van der Waals surface area contributed by atoms with Gasteiger partial charge in [-0.3, -0.25) is 14.9 Å². The van der Waals surface area contributed by atoms with Crippen molar-refractivity contribution in [3.05, 3.63) is 132 Å². The second-order valence-corrected chi connectivity index (χ2v) is 10.6. The number of aromatic amines is 2. The molecule has 0 amide bonds. The third kappa shape index (κ3) is 4.09. The Bertz CT molecular complexity index is 1880. The minimum absolute atomic E-state index is 0.340. The van der Waals surface area contributed by atoms with Crippen LogP contribution in [0.5, 0.6) is 0 Å². The van der Waals surface area contributed by atoms with E-state index in [1.165, 1.54) is 0 Å². The second-order valence-electron chi connectivity index (χ2n) is 10.6. The number of H-pyrrole nitrogens is 2. The Morgan fingerprint density at radius 1 is 0.756 bits per heavy atom. The van der Waals surface area contributed by atoms with Crippen LogP contribution in [0.3, 0.4) is 0 Å². The molecule has 0 aliphatic carbocycles. The molecule has 1 saturated heterocycles. The fourth-order valence-electron chi connectivity index (χ4n) is 6.12. The van der Waals surface area contributed by atoms with Gasteiger partial charge in [0.05, 0.1) is 33.9 Å². The van der Waals surface area contributed by atoms with E-state index in [4.69, 9.17) is 15.0 Å². The lowest BCUT2D eigenvalue weighted by atomic mass is 9.98. The maximum atomic E-state index is 5.55. The number of aliphatic imine (C=N–C) groups is 1. The van der Waals surface area contributed by atoms with Gasteiger partial charge in [0.15, 0.2) is 6.17 Å². The number of fused-ring (bicyclic) bond motifs is 2. The van der Waals surface area contributed by atoms with E-state index in [2.05, 4.69) is 86.5 Å². The van der Waals surface area contributed by atoms with Crippen LogP contribution in [0.1, 0.15) is 36.1 Å². The molecule has 4 aromatic heterocycles. The fraction of sp³-hybridized carbons (Fsp3) is 0.147. The summed E-state index contributed by atoms with van der Waals surface area (Å²) in [6, 6.07) is 33.4. The minimum Gasteiger partial charge on any atom is -0.357 e. The predicted molar refractivity (Wildman–Crippen MR) is 165 cm³/mol. The maximum Gasteiger partial charge on any atom is 0.169 e. The van der Waals surface area contributed by atoms with Crippen molar-refractivity contribution in [1.82, 2.24) is 24.8 Å². The first kappa shape index (κ1) is 23.7. The highest BCUT2D eigenvalue weighted by atomic mass is 15.4. The Morgan fingerprint density at radius 3 is 2.39 bits per heavy atom. The third-order valence-corrected chi connectivity index (χ3v) is 8.02. The van der Waals surface area contributed by atoms with Crippen LogP contribution in [0.15, 0.2) is 120 Å². The minimum atomic E-state index is -0.340. The van der Waals surface area contributed by atoms with Gasteiger partial charge in [-0.2, -0.15) is 0 Å². The van der Waals surface area contributed by atoms with Crippen LogP contribution < -0.4 is 4.90 Å². The zero-order chi connectivity index (χ0) is 27.2. The van der Waals surface area contributed by atoms with Crippen LogP contribution in [0.4, 0.5) is 5.82 Å². The van der Waals surface area contributed by atoms with Crippen LogP contribution in [0, 0.1) is 0 Å². The van der Waals surface area contributed by atoms with Crippen LogP contribution in [0.2, 0.25) is 0 Å². The first-order valence-electron chi connectivity index (χ1n) is 14.2. The molecule has 2 aliphatic heterocycles. The van der Waals surface area contributed by atoms with Crippen molar-refractivity contribution in [2.24, 2.45) is 4.99 Å². The van der Waals surface area contributed by atoms with E-state index in [-0.39, 0.29) is 6.17 Å². The van der Waals surface area contributed by atoms with Gasteiger partial charge in [0, 0.05) is 36.4 Å². The standard InChI is InChI=1S/C34H29N7/c1-3-12-25-23(10-1)16-17-28(37-25)32-31(27-14-5-6-18-35-27)34(40-20-7-8-21-40)41(30-15-9-19-36-30)33(39-32)29-22-24-11-2-4-13-26(24)38-29/h1-6,9-19,22,33,36,38H,7-8,20-21H2. The normalized spacial score (nSPS) is 17.6. The van der Waals surface area contributed by atoms with Gasteiger partial charge in [-0.05, 0) is 66.8 Å². The zero-order valence-electron chi connectivity index (χ0n) is 22.5. The average molecular weight is 536 g/mol. The third-order valence-electron chi connectivity index (χ3n) is 8.02. The summed E-state index contributed by atoms with van der Waals surface area (Å²) in [5.74, 6) is 2.09. The molecule has 2 aromatic carbocycles. The number of benzene rings is 2. The number of rotatable bonds is 5. The van der Waals surface area contributed by atoms with E-state index in [1.807, 2.05) is 42.7 Å². The Hall–Kier alpha value is -5.17. The molecule has 0 radical (unpaired) electrons. The Labute approximate surface area is 237 Å². The highest BCUT2D eigenvalue weighted by Gasteiger charge is 2.39. The van der Waals surface area contributed by atoms with Crippen molar-refractivity contribution >= 4 is 38.9 Å². The molecule has 1 unspecified atom stereocenters. The number of para-hydroxylation sites is 2. The maximum absolute atomic E-state index is 5.55. The molecule has 1 fully saturated rings. The number of likely N-dealkylation sites (tertiary alicyclic amines) is 1. The number of aromatic nitrogens is 4. The molecular weight excluding hydrogens is 506 g/mol. The molecule has 7 heteroatoms. The Morgan fingerprint density at radius 2 is 1.59 bits per heavy atom. The highest BCUT2D eigenvalue weighted by molar-refractivity contribution is 6.32. The number of pyridine rings is 2. The molecule has 2 aliphatic rings. The van der Waals surface area contributed by atoms with E-state index < -0.39 is 0 Å². The number of anilines is 1. The smallest absolute Gasteiger partial charge is 0.169 e. The predicted octanol–water partition coefficient (Wildman–Crippen LogP) is 6.91. The van der Waals surface area contributed by atoms with E-state index in [9.17, 15) is 0 Å². The topological polar surface area (TPSA) is 76.2 Å². The Balaban J connectivity index is 1.44. The number of nitrogens with zero attached hydrogens (tertiary/aromatic N) is 5. The van der Waals surface area contributed by atoms with E-state index >= 15 is 0 Å². The SMILES string of the molecule is c1ccc(C2=C(N3CCCC3)N(c3ccc[nH]3)C(c3cc4ccccc4[nH]3)N=C2c2ccc3ccccc3n2)nc1. The largest absolute Gasteiger partial charge is 0.357 e. The lowest BCUT2D eigenvalue weighted by Gasteiger charge is -2.41. The van der Waals surface area contributed by atoms with Gasteiger partial charge >= 0.3 is 0 Å². The number of hydrogen-bond acceptors (Lipinski definition) is 5. The summed E-state index contributed by atoms with van der Waals surface area (Å²) in [6.45, 7) is 1.95. The summed E-state index contributed by atoms with van der Waals surface area (Å²) in [5.41, 5.74) is 6.64. The molecule has 41 heavy (non-hydrogen) atoms. The summed E-state index contributed by atoms with van der Waals surface area (Å²) >= 11 is 0. The first-order valence-corrected chi connectivity index (χ1v) is 14.2. The van der Waals surface area contributed by atoms with Crippen molar-refractivity contribution in [2.45, 2.75) is 19.0 Å².